The smallest absolute Gasteiger partial charge is 0.222 e. The molecule has 2 aliphatic rings. The molecule has 2 atom stereocenters. The summed E-state index contributed by atoms with van der Waals surface area (Å²) in [5.74, 6) is 2.87. The summed E-state index contributed by atoms with van der Waals surface area (Å²) in [6.07, 6.45) is 8.42. The molecule has 3 rings (SSSR count). The van der Waals surface area contributed by atoms with E-state index in [9.17, 15) is 4.79 Å². The van der Waals surface area contributed by atoms with Crippen LogP contribution in [0.4, 0.5) is 0 Å². The van der Waals surface area contributed by atoms with Gasteiger partial charge in [-0.25, -0.2) is 0 Å². The summed E-state index contributed by atoms with van der Waals surface area (Å²) in [5.41, 5.74) is 2.45. The second-order valence-electron chi connectivity index (χ2n) is 8.47. The number of rotatable bonds is 7. The van der Waals surface area contributed by atoms with Crippen LogP contribution in [-0.4, -0.2) is 36.9 Å². The highest BCUT2D eigenvalue weighted by atomic mass is 16.2. The number of benzene rings is 1. The number of likely N-dealkylation sites (tertiary alicyclic amines) is 1. The van der Waals surface area contributed by atoms with Gasteiger partial charge in [-0.15, -0.1) is 0 Å². The van der Waals surface area contributed by atoms with Crippen LogP contribution in [0.5, 0.6) is 0 Å². The zero-order valence-corrected chi connectivity index (χ0v) is 17.5. The molecule has 0 aromatic heterocycles. The van der Waals surface area contributed by atoms with Crippen molar-refractivity contribution in [2.24, 2.45) is 16.8 Å². The number of hydrogen-bond donors (Lipinski definition) is 2. The SMILES string of the molecule is CN=C(NCCC1CCCC(C)C1)NCc1ccccc1CN1CCCC1=O. The predicted octanol–water partition coefficient (Wildman–Crippen LogP) is 3.69. The lowest BCUT2D eigenvalue weighted by Gasteiger charge is -2.27. The fourth-order valence-corrected chi connectivity index (χ4v) is 4.58. The van der Waals surface area contributed by atoms with Gasteiger partial charge in [0, 0.05) is 39.6 Å². The molecule has 5 nitrogen and oxygen atoms in total. The summed E-state index contributed by atoms with van der Waals surface area (Å²) >= 11 is 0. The van der Waals surface area contributed by atoms with Crippen LogP contribution in [0.2, 0.25) is 0 Å². The predicted molar refractivity (Wildman–Crippen MR) is 115 cm³/mol. The van der Waals surface area contributed by atoms with Crippen LogP contribution in [0, 0.1) is 11.8 Å². The molecule has 28 heavy (non-hydrogen) atoms. The molecule has 5 heteroatoms. The lowest BCUT2D eigenvalue weighted by Crippen LogP contribution is -2.38. The van der Waals surface area contributed by atoms with E-state index in [0.29, 0.717) is 13.0 Å². The second-order valence-corrected chi connectivity index (χ2v) is 8.47. The van der Waals surface area contributed by atoms with Gasteiger partial charge in [-0.05, 0) is 42.2 Å². The van der Waals surface area contributed by atoms with Crippen molar-refractivity contribution in [1.29, 1.82) is 0 Å². The number of nitrogens with zero attached hydrogens (tertiary/aromatic N) is 2. The van der Waals surface area contributed by atoms with E-state index in [1.165, 1.54) is 43.2 Å². The maximum atomic E-state index is 12.0. The number of carbonyl (C=O) groups is 1. The first kappa shape index (κ1) is 20.7. The summed E-state index contributed by atoms with van der Waals surface area (Å²) in [6, 6.07) is 8.38. The molecule has 1 aliphatic carbocycles. The van der Waals surface area contributed by atoms with E-state index in [-0.39, 0.29) is 5.91 Å². The minimum Gasteiger partial charge on any atom is -0.356 e. The van der Waals surface area contributed by atoms with Gasteiger partial charge in [-0.3, -0.25) is 9.79 Å². The molecule has 1 saturated carbocycles. The van der Waals surface area contributed by atoms with Gasteiger partial charge in [-0.2, -0.15) is 0 Å². The quantitative estimate of drug-likeness (QED) is 0.557. The molecule has 0 radical (unpaired) electrons. The Morgan fingerprint density at radius 2 is 2.00 bits per heavy atom. The normalized spacial score (nSPS) is 23.1. The van der Waals surface area contributed by atoms with Crippen molar-refractivity contribution >= 4 is 11.9 Å². The maximum Gasteiger partial charge on any atom is 0.222 e. The van der Waals surface area contributed by atoms with Gasteiger partial charge in [0.15, 0.2) is 5.96 Å². The molecule has 1 aromatic rings. The average molecular weight is 385 g/mol. The summed E-state index contributed by atoms with van der Waals surface area (Å²) in [7, 11) is 1.83. The Morgan fingerprint density at radius 3 is 2.71 bits per heavy atom. The number of guanidine groups is 1. The Hall–Kier alpha value is -2.04. The van der Waals surface area contributed by atoms with E-state index in [2.05, 4.69) is 46.8 Å². The molecule has 1 amide bonds. The molecular weight excluding hydrogens is 348 g/mol. The van der Waals surface area contributed by atoms with Crippen LogP contribution in [0.3, 0.4) is 0 Å². The zero-order chi connectivity index (χ0) is 19.8. The number of aliphatic imine (C=N–C) groups is 1. The molecule has 154 valence electrons. The number of hydrogen-bond acceptors (Lipinski definition) is 2. The molecule has 2 N–H and O–H groups in total. The lowest BCUT2D eigenvalue weighted by molar-refractivity contribution is -0.128. The first-order valence-electron chi connectivity index (χ1n) is 10.9. The second kappa shape index (κ2) is 10.5. The Morgan fingerprint density at radius 1 is 1.18 bits per heavy atom. The minimum absolute atomic E-state index is 0.275. The molecule has 1 heterocycles. The molecular formula is C23H36N4O. The Balaban J connectivity index is 1.46. The number of amides is 1. The van der Waals surface area contributed by atoms with Crippen molar-refractivity contribution in [1.82, 2.24) is 15.5 Å². The van der Waals surface area contributed by atoms with Crippen LogP contribution < -0.4 is 10.6 Å². The van der Waals surface area contributed by atoms with Crippen molar-refractivity contribution in [2.45, 2.75) is 65.0 Å². The average Bonchev–Trinajstić information content (AvgIpc) is 3.10. The Bertz CT molecular complexity index is 672. The van der Waals surface area contributed by atoms with Crippen molar-refractivity contribution < 1.29 is 4.79 Å². The van der Waals surface area contributed by atoms with E-state index in [4.69, 9.17) is 0 Å². The van der Waals surface area contributed by atoms with E-state index in [1.807, 2.05) is 11.9 Å². The van der Waals surface area contributed by atoms with Gasteiger partial charge >= 0.3 is 0 Å². The van der Waals surface area contributed by atoms with E-state index in [0.717, 1.165) is 43.9 Å². The molecule has 2 unspecified atom stereocenters. The molecule has 0 bridgehead atoms. The van der Waals surface area contributed by atoms with E-state index < -0.39 is 0 Å². The molecule has 1 aliphatic heterocycles. The highest BCUT2D eigenvalue weighted by Crippen LogP contribution is 2.30. The third-order valence-electron chi connectivity index (χ3n) is 6.21. The van der Waals surface area contributed by atoms with Gasteiger partial charge < -0.3 is 15.5 Å². The molecule has 2 fully saturated rings. The highest BCUT2D eigenvalue weighted by Gasteiger charge is 2.21. The highest BCUT2D eigenvalue weighted by molar-refractivity contribution is 5.79. The van der Waals surface area contributed by atoms with E-state index >= 15 is 0 Å². The lowest BCUT2D eigenvalue weighted by atomic mass is 9.81. The first-order chi connectivity index (χ1) is 13.7. The summed E-state index contributed by atoms with van der Waals surface area (Å²) < 4.78 is 0. The Labute approximate surface area is 170 Å². The monoisotopic (exact) mass is 384 g/mol. The van der Waals surface area contributed by atoms with Crippen LogP contribution in [0.25, 0.3) is 0 Å². The fourth-order valence-electron chi connectivity index (χ4n) is 4.58. The fraction of sp³-hybridized carbons (Fsp3) is 0.652. The van der Waals surface area contributed by atoms with Crippen LogP contribution in [0.15, 0.2) is 29.3 Å². The van der Waals surface area contributed by atoms with Gasteiger partial charge in [0.05, 0.1) is 0 Å². The minimum atomic E-state index is 0.275. The van der Waals surface area contributed by atoms with Crippen LogP contribution in [0.1, 0.15) is 63.0 Å². The summed E-state index contributed by atoms with van der Waals surface area (Å²) in [5, 5.41) is 6.92. The third-order valence-corrected chi connectivity index (χ3v) is 6.21. The van der Waals surface area contributed by atoms with Gasteiger partial charge in [0.2, 0.25) is 5.91 Å². The van der Waals surface area contributed by atoms with Gasteiger partial charge in [0.1, 0.15) is 0 Å². The van der Waals surface area contributed by atoms with Crippen LogP contribution in [-0.2, 0) is 17.9 Å². The molecule has 1 saturated heterocycles. The standard InChI is InChI=1S/C23H36N4O/c1-18-7-5-8-19(15-18)12-13-25-23(24-2)26-16-20-9-3-4-10-21(20)17-27-14-6-11-22(27)28/h3-4,9-10,18-19H,5-8,11-17H2,1-2H3,(H2,24,25,26). The number of nitrogens with one attached hydrogen (secondary N) is 2. The zero-order valence-electron chi connectivity index (χ0n) is 17.5. The first-order valence-corrected chi connectivity index (χ1v) is 10.9. The van der Waals surface area contributed by atoms with Crippen molar-refractivity contribution in [3.8, 4) is 0 Å². The van der Waals surface area contributed by atoms with Gasteiger partial charge in [0.25, 0.3) is 0 Å². The third kappa shape index (κ3) is 5.98. The van der Waals surface area contributed by atoms with Crippen molar-refractivity contribution in [2.75, 3.05) is 20.1 Å². The summed E-state index contributed by atoms with van der Waals surface area (Å²) in [4.78, 5) is 18.3. The van der Waals surface area contributed by atoms with Crippen LogP contribution >= 0.6 is 0 Å². The molecule has 0 spiro atoms. The van der Waals surface area contributed by atoms with Crippen molar-refractivity contribution in [3.63, 3.8) is 0 Å². The van der Waals surface area contributed by atoms with Crippen molar-refractivity contribution in [3.05, 3.63) is 35.4 Å². The maximum absolute atomic E-state index is 12.0. The number of carbonyl (C=O) groups excluding carboxylic acids is 1. The summed E-state index contributed by atoms with van der Waals surface area (Å²) in [6.45, 7) is 5.67. The van der Waals surface area contributed by atoms with Gasteiger partial charge in [-0.1, -0.05) is 50.5 Å². The Kier molecular flexibility index (Phi) is 7.75. The molecule has 1 aromatic carbocycles. The topological polar surface area (TPSA) is 56.7 Å². The largest absolute Gasteiger partial charge is 0.356 e. The van der Waals surface area contributed by atoms with E-state index in [1.54, 1.807) is 0 Å².